The van der Waals surface area contributed by atoms with Crippen LogP contribution in [-0.4, -0.2) is 267 Å². The summed E-state index contributed by atoms with van der Waals surface area (Å²) in [6.07, 6.45) is 7.24. The fourth-order valence-electron chi connectivity index (χ4n) is 8.56. The van der Waals surface area contributed by atoms with Crippen LogP contribution in [0, 0.1) is 18.2 Å². The maximum absolute atomic E-state index is 13.3. The molecule has 656 valence electrons. The fourth-order valence-corrected chi connectivity index (χ4v) is 9.07. The SMILES string of the molecule is BrCCOCCBr.C#CC(=O)O.CCOC(=O)/C(Cl)=N/O.CCOC(=O)c1cc(C(=O)O)on1.CCOC(=O)c1cc(N)on1.CCOC(=O)c1cc(N2CCOCC2)on1.CCOC(=O)c1cc(NC(=O)OC(C)(C)C)on1.O=C(Cc1cnn(Cc2cccc(F)c2)c1)c1cc(N2CCOCC2)on1.O=C(O)c1cc(N2CCOCC2)on1. The van der Waals surface area contributed by atoms with Crippen LogP contribution < -0.4 is 25.8 Å². The number of carboxylic acids is 3. The number of aromatic carboxylic acids is 2. The minimum atomic E-state index is -1.27. The summed E-state index contributed by atoms with van der Waals surface area (Å²) >= 11 is 11.5. The van der Waals surface area contributed by atoms with Crippen LogP contribution >= 0.6 is 43.5 Å². The first-order chi connectivity index (χ1) is 57.4. The number of ketones is 1. The van der Waals surface area contributed by atoms with Gasteiger partial charge in [-0.3, -0.25) is 14.8 Å². The van der Waals surface area contributed by atoms with E-state index in [4.69, 9.17) is 93.9 Å². The third kappa shape index (κ3) is 40.7. The third-order valence-corrected chi connectivity index (χ3v) is 14.5. The standard InChI is InChI=1S/C19H19FN4O3.C11H16N2O5.C10H14N2O4.C8H10N2O4.C7H7NO5.C6H8N2O3.C4H8Br2O.C4H6ClNO3.C3H2O2/c20-16-3-1-2-14(8-16)12-24-13-15(11-21-24)9-18(25)17-10-19(27-22-17)23-4-6-26-7-5-23;1-5-16-9(14)7-6-8(18-13-7)12-10(15)17-11(2,3)4;1-2-15-10(13)8-7-9(16-11-8)12-3-5-14-6-4-12;11-8(12)6-5-7(14-9-6)10-1-3-13-4-2-10;1-2-12-7(11)4-3-5(6(9)10)13-8-4;1-2-10-6(9)4-3-5(7)11-8-4;5-1-3-7-4-2-6;1-2-9-4(7)3(5)6-8;1-2-3(4)5/h1-3,8,10-11,13H,4-7,9,12H2;6H,5H2,1-4H3,(H,12,15);7H,2-6H2,1H3;5H,1-4H2,(H,11,12);3H,2H2,1H3,(H,9,10);3H,2,7H2,1H3;1-4H2;8H,2H2,1H3;1H,(H,4,5)/b;;;;;;;6-3-;. The van der Waals surface area contributed by atoms with Crippen molar-refractivity contribution in [2.45, 2.75) is 74.0 Å². The lowest BCUT2D eigenvalue weighted by Gasteiger charge is -2.25. The molecule has 44 nitrogen and oxygen atoms in total. The van der Waals surface area contributed by atoms with Crippen molar-refractivity contribution < 1.29 is 147 Å². The quantitative estimate of drug-likeness (QED) is 0.00359. The van der Waals surface area contributed by atoms with E-state index in [0.717, 1.165) is 67.2 Å². The number of alkyl halides is 2. The number of nitrogens with two attached hydrogens (primary N) is 1. The van der Waals surface area contributed by atoms with E-state index in [1.54, 1.807) is 90.7 Å². The Balaban J connectivity index is 0.000000362. The fraction of sp³-hybridized carbons (Fsp3) is 0.444. The van der Waals surface area contributed by atoms with Gasteiger partial charge in [0.2, 0.25) is 35.2 Å². The van der Waals surface area contributed by atoms with Gasteiger partial charge in [-0.2, -0.15) is 5.10 Å². The zero-order valence-electron chi connectivity index (χ0n) is 66.1. The number of halogens is 4. The number of hydrogen-bond acceptors (Lipinski definition) is 39. The largest absolute Gasteiger partial charge is 0.476 e. The molecule has 11 rings (SSSR count). The number of nitrogens with zero attached hydrogens (tertiary/aromatic N) is 12. The maximum atomic E-state index is 13.3. The Morgan fingerprint density at radius 2 is 1.01 bits per heavy atom. The number of amides is 1. The summed E-state index contributed by atoms with van der Waals surface area (Å²) in [6, 6.07) is 14.7. The zero-order chi connectivity index (χ0) is 89.0. The highest BCUT2D eigenvalue weighted by molar-refractivity contribution is 9.09. The van der Waals surface area contributed by atoms with Gasteiger partial charge in [-0.25, -0.2) is 47.5 Å². The predicted octanol–water partition coefficient (Wildman–Crippen LogP) is 8.47. The summed E-state index contributed by atoms with van der Waals surface area (Å²) in [6.45, 7) is 25.1. The number of nitrogen functional groups attached to an aromatic ring is 1. The van der Waals surface area contributed by atoms with Crippen LogP contribution in [0.3, 0.4) is 0 Å². The van der Waals surface area contributed by atoms with Crippen molar-refractivity contribution in [2.75, 3.05) is 162 Å². The Bertz CT molecular complexity index is 4510. The summed E-state index contributed by atoms with van der Waals surface area (Å²) in [4.78, 5) is 114. The molecule has 3 saturated heterocycles. The molecule has 8 aromatic rings. The molecule has 0 spiro atoms. The smallest absolute Gasteiger partial charge is 0.414 e. The average Bonchev–Trinajstić information content (AvgIpc) is 1.71. The van der Waals surface area contributed by atoms with Crippen molar-refractivity contribution in [1.82, 2.24) is 40.7 Å². The highest BCUT2D eigenvalue weighted by Crippen LogP contribution is 2.22. The molecule has 7 aromatic heterocycles. The number of benzene rings is 1. The normalized spacial score (nSPS) is 12.6. The number of esters is 5. The van der Waals surface area contributed by atoms with Crippen LogP contribution in [-0.2, 0) is 69.9 Å². The third-order valence-electron chi connectivity index (χ3n) is 13.7. The first-order valence-electron chi connectivity index (χ1n) is 35.8. The molecule has 0 unspecified atom stereocenters. The van der Waals surface area contributed by atoms with Crippen molar-refractivity contribution in [3.8, 4) is 12.3 Å². The molecular formula is C72H90Br2ClFN14O30. The number of ether oxygens (including phenoxy) is 10. The number of Topliss-reactive ketones (excluding diaryl/α,β-unsaturated/α-hetero) is 1. The highest BCUT2D eigenvalue weighted by atomic mass is 79.9. The van der Waals surface area contributed by atoms with Crippen molar-refractivity contribution in [3.63, 3.8) is 0 Å². The summed E-state index contributed by atoms with van der Waals surface area (Å²) < 4.78 is 92.6. The van der Waals surface area contributed by atoms with Crippen LogP contribution in [0.4, 0.5) is 38.6 Å². The number of aliphatic carboxylic acids is 1. The van der Waals surface area contributed by atoms with Gasteiger partial charge in [-0.15, -0.1) is 6.42 Å². The van der Waals surface area contributed by atoms with Crippen LogP contribution in [0.5, 0.6) is 0 Å². The lowest BCUT2D eigenvalue weighted by molar-refractivity contribution is -0.135. The van der Waals surface area contributed by atoms with Crippen LogP contribution in [0.25, 0.3) is 0 Å². The maximum Gasteiger partial charge on any atom is 0.414 e. The van der Waals surface area contributed by atoms with Crippen LogP contribution in [0.1, 0.15) is 140 Å². The van der Waals surface area contributed by atoms with Crippen molar-refractivity contribution in [2.24, 2.45) is 5.16 Å². The number of nitrogens with one attached hydrogen (secondary N) is 1. The molecule has 10 heterocycles. The number of rotatable bonds is 25. The second-order valence-electron chi connectivity index (χ2n) is 23.7. The van der Waals surface area contributed by atoms with E-state index in [2.05, 4.69) is 108 Å². The number of morpholine rings is 3. The van der Waals surface area contributed by atoms with Gasteiger partial charge in [0.15, 0.2) is 39.9 Å². The number of hydrogen-bond donors (Lipinski definition) is 6. The number of carboxylic acid groups (broad SMARTS) is 3. The van der Waals surface area contributed by atoms with Crippen molar-refractivity contribution >= 4 is 138 Å². The molecule has 0 radical (unpaired) electrons. The molecule has 48 heteroatoms. The van der Waals surface area contributed by atoms with E-state index in [1.807, 2.05) is 20.8 Å². The van der Waals surface area contributed by atoms with E-state index in [0.29, 0.717) is 95.8 Å². The molecule has 3 aliphatic heterocycles. The van der Waals surface area contributed by atoms with Gasteiger partial charge in [-0.05, 0) is 78.6 Å². The average molecular weight is 1850 g/mol. The lowest BCUT2D eigenvalue weighted by Crippen LogP contribution is -2.35. The molecule has 0 saturated carbocycles. The summed E-state index contributed by atoms with van der Waals surface area (Å²) in [5.74, 6) is -4.23. The van der Waals surface area contributed by atoms with Gasteiger partial charge in [0, 0.05) is 105 Å². The van der Waals surface area contributed by atoms with Gasteiger partial charge < -0.3 is 115 Å². The number of aromatic nitrogens is 8. The van der Waals surface area contributed by atoms with Gasteiger partial charge in [0.1, 0.15) is 11.4 Å². The topological polar surface area (TPSA) is 578 Å². The summed E-state index contributed by atoms with van der Waals surface area (Å²) in [7, 11) is 0. The number of terminal acetylenes is 1. The molecule has 3 aliphatic rings. The Hall–Kier alpha value is -12.4. The van der Waals surface area contributed by atoms with E-state index in [-0.39, 0.29) is 83.8 Å². The monoisotopic (exact) mass is 1840 g/mol. The first kappa shape index (κ1) is 102. The van der Waals surface area contributed by atoms with Gasteiger partial charge in [-0.1, -0.05) is 91.7 Å². The number of carbonyl (C=O) groups excluding carboxylic acids is 7. The molecule has 0 bridgehead atoms. The number of carbonyl (C=O) groups is 10. The number of oxime groups is 1. The molecule has 1 aromatic carbocycles. The predicted molar refractivity (Wildman–Crippen MR) is 422 cm³/mol. The summed E-state index contributed by atoms with van der Waals surface area (Å²) in [5.41, 5.74) is 6.54. The van der Waals surface area contributed by atoms with Gasteiger partial charge in [0.05, 0.1) is 98.6 Å². The van der Waals surface area contributed by atoms with Crippen molar-refractivity contribution in [3.05, 3.63) is 130 Å². The Kier molecular flexibility index (Phi) is 48.3. The van der Waals surface area contributed by atoms with E-state index >= 15 is 0 Å². The van der Waals surface area contributed by atoms with Gasteiger partial charge in [0.25, 0.3) is 5.17 Å². The highest BCUT2D eigenvalue weighted by Gasteiger charge is 2.25. The van der Waals surface area contributed by atoms with Crippen molar-refractivity contribution in [1.29, 1.82) is 0 Å². The molecule has 120 heavy (non-hydrogen) atoms. The number of anilines is 5. The van der Waals surface area contributed by atoms with E-state index < -0.39 is 64.6 Å². The van der Waals surface area contributed by atoms with E-state index in [9.17, 15) is 47.5 Å². The molecular weight excluding hydrogens is 1760 g/mol. The zero-order valence-corrected chi connectivity index (χ0v) is 70.1. The van der Waals surface area contributed by atoms with Gasteiger partial charge >= 0.3 is 53.8 Å². The van der Waals surface area contributed by atoms with Crippen LogP contribution in [0.15, 0.2) is 105 Å². The molecule has 1 amide bonds. The minimum absolute atomic E-state index is 0.0112. The second kappa shape index (κ2) is 56.9. The minimum Gasteiger partial charge on any atom is -0.476 e. The lowest BCUT2D eigenvalue weighted by atomic mass is 10.1. The first-order valence-corrected chi connectivity index (χ1v) is 38.4. The summed E-state index contributed by atoms with van der Waals surface area (Å²) in [5, 5.41) is 63.8. The Morgan fingerprint density at radius 1 is 0.583 bits per heavy atom. The molecule has 0 atom stereocenters. The van der Waals surface area contributed by atoms with E-state index in [1.165, 1.54) is 36.3 Å². The second-order valence-corrected chi connectivity index (χ2v) is 25.6. The molecule has 3 fully saturated rings. The van der Waals surface area contributed by atoms with Crippen LogP contribution in [0.2, 0.25) is 0 Å². The Labute approximate surface area is 705 Å². The molecule has 7 N–H and O–H groups in total. The Morgan fingerprint density at radius 3 is 1.42 bits per heavy atom. The molecule has 0 aliphatic carbocycles.